The van der Waals surface area contributed by atoms with Crippen molar-refractivity contribution in [1.82, 2.24) is 0 Å². The summed E-state index contributed by atoms with van der Waals surface area (Å²) in [6.07, 6.45) is 11.5. The number of hydrogen-bond donors (Lipinski definition) is 0. The van der Waals surface area contributed by atoms with Gasteiger partial charge in [-0.2, -0.15) is 0 Å². The van der Waals surface area contributed by atoms with E-state index in [4.69, 9.17) is 4.74 Å². The fraction of sp³-hybridized carbons (Fsp3) is 0.517. The molecule has 0 saturated heterocycles. The summed E-state index contributed by atoms with van der Waals surface area (Å²) in [6, 6.07) is 18.5. The van der Waals surface area contributed by atoms with Gasteiger partial charge < -0.3 is 4.74 Å². The van der Waals surface area contributed by atoms with E-state index in [1.54, 1.807) is 16.7 Å². The maximum Gasteiger partial charge on any atom is 0.0617 e. The summed E-state index contributed by atoms with van der Waals surface area (Å²) in [6.45, 7) is 4.62. The first kappa shape index (κ1) is 20.1. The lowest BCUT2D eigenvalue weighted by molar-refractivity contribution is 0.0908. The van der Waals surface area contributed by atoms with Crippen LogP contribution in [0.4, 0.5) is 0 Å². The zero-order valence-electron chi connectivity index (χ0n) is 19.0. The average Bonchev–Trinajstić information content (AvgIpc) is 3.13. The lowest BCUT2D eigenvalue weighted by atomic mass is 9.53. The maximum absolute atomic E-state index is 5.99. The molecule has 2 aromatic rings. The van der Waals surface area contributed by atoms with Gasteiger partial charge in [-0.05, 0) is 80.4 Å². The van der Waals surface area contributed by atoms with Crippen LogP contribution in [0.1, 0.15) is 74.1 Å². The van der Waals surface area contributed by atoms with Crippen molar-refractivity contribution in [1.29, 1.82) is 0 Å². The molecule has 0 aliphatic heterocycles. The third kappa shape index (κ3) is 3.09. The molecule has 0 radical (unpaired) electrons. The van der Waals surface area contributed by atoms with Crippen LogP contribution in [0.25, 0.3) is 0 Å². The minimum Gasteiger partial charge on any atom is -0.381 e. The van der Waals surface area contributed by atoms with Crippen molar-refractivity contribution in [2.75, 3.05) is 7.11 Å². The zero-order chi connectivity index (χ0) is 20.8. The number of rotatable bonds is 5. The molecule has 3 aliphatic rings. The van der Waals surface area contributed by atoms with Gasteiger partial charge in [0.1, 0.15) is 0 Å². The molecular formula is C29H36O. The minimum absolute atomic E-state index is 0.272. The quantitative estimate of drug-likeness (QED) is 0.486. The van der Waals surface area contributed by atoms with Crippen molar-refractivity contribution < 1.29 is 4.74 Å². The van der Waals surface area contributed by atoms with Gasteiger partial charge in [-0.1, -0.05) is 78.6 Å². The topological polar surface area (TPSA) is 9.23 Å². The standard InChI is InChI=1S/C29H36O/c1-4-14-29-16-15-28(19-22-8-6-5-7-9-22)20-24(30-3)18-27(28)26(29)13-11-23-17-21(2)10-12-25(23)29/h5-10,12,17,24H,4,11,13-16,18-20H2,1-3H3/t24-,28+,29-/m0/s1. The third-order valence-electron chi connectivity index (χ3n) is 8.48. The van der Waals surface area contributed by atoms with E-state index < -0.39 is 0 Å². The molecule has 0 amide bonds. The highest BCUT2D eigenvalue weighted by atomic mass is 16.5. The molecule has 0 bridgehead atoms. The third-order valence-corrected chi connectivity index (χ3v) is 8.48. The highest BCUT2D eigenvalue weighted by Gasteiger charge is 2.53. The Balaban J connectivity index is 1.66. The number of ether oxygens (including phenoxy) is 1. The number of fused-ring (bicyclic) bond motifs is 4. The second kappa shape index (κ2) is 7.68. The lowest BCUT2D eigenvalue weighted by Crippen LogP contribution is -2.42. The molecule has 158 valence electrons. The Labute approximate surface area is 182 Å². The zero-order valence-corrected chi connectivity index (χ0v) is 19.0. The van der Waals surface area contributed by atoms with Crippen LogP contribution in [0.2, 0.25) is 0 Å². The molecule has 0 unspecified atom stereocenters. The van der Waals surface area contributed by atoms with Crippen LogP contribution in [-0.4, -0.2) is 13.2 Å². The van der Waals surface area contributed by atoms with Gasteiger partial charge in [0.25, 0.3) is 0 Å². The van der Waals surface area contributed by atoms with Gasteiger partial charge in [0.05, 0.1) is 6.10 Å². The molecule has 30 heavy (non-hydrogen) atoms. The van der Waals surface area contributed by atoms with Crippen LogP contribution >= 0.6 is 0 Å². The molecule has 0 spiro atoms. The van der Waals surface area contributed by atoms with Crippen LogP contribution in [-0.2, 0) is 23.0 Å². The summed E-state index contributed by atoms with van der Waals surface area (Å²) in [5.41, 5.74) is 10.3. The molecule has 3 atom stereocenters. The first-order chi connectivity index (χ1) is 14.6. The largest absolute Gasteiger partial charge is 0.381 e. The molecule has 1 saturated carbocycles. The monoisotopic (exact) mass is 400 g/mol. The average molecular weight is 401 g/mol. The predicted molar refractivity (Wildman–Crippen MR) is 125 cm³/mol. The predicted octanol–water partition coefficient (Wildman–Crippen LogP) is 7.11. The normalized spacial score (nSPS) is 30.0. The summed E-state index contributed by atoms with van der Waals surface area (Å²) in [4.78, 5) is 0. The molecule has 0 heterocycles. The summed E-state index contributed by atoms with van der Waals surface area (Å²) in [5, 5.41) is 0. The number of methoxy groups -OCH3 is 1. The fourth-order valence-corrected chi connectivity index (χ4v) is 7.27. The lowest BCUT2D eigenvalue weighted by Gasteiger charge is -2.51. The van der Waals surface area contributed by atoms with Gasteiger partial charge in [-0.15, -0.1) is 0 Å². The molecule has 1 nitrogen and oxygen atoms in total. The number of hydrogen-bond acceptors (Lipinski definition) is 1. The summed E-state index contributed by atoms with van der Waals surface area (Å²) in [5.74, 6) is 0. The second-order valence-corrected chi connectivity index (χ2v) is 10.2. The van der Waals surface area contributed by atoms with E-state index in [0.29, 0.717) is 11.5 Å². The van der Waals surface area contributed by atoms with Gasteiger partial charge >= 0.3 is 0 Å². The Kier molecular flexibility index (Phi) is 5.14. The van der Waals surface area contributed by atoms with E-state index in [1.165, 1.54) is 62.5 Å². The summed E-state index contributed by atoms with van der Waals surface area (Å²) < 4.78 is 5.99. The Morgan fingerprint density at radius 1 is 1.00 bits per heavy atom. The van der Waals surface area contributed by atoms with Crippen molar-refractivity contribution in [2.45, 2.75) is 83.2 Å². The van der Waals surface area contributed by atoms with Gasteiger partial charge in [-0.25, -0.2) is 0 Å². The molecular weight excluding hydrogens is 364 g/mol. The molecule has 0 N–H and O–H groups in total. The SMILES string of the molecule is CCC[C@@]12CC[C@@]3(Cc4ccccc4)C[C@@H](OC)CC3=C1CCc1cc(C)ccc12. The van der Waals surface area contributed by atoms with Crippen molar-refractivity contribution in [3.8, 4) is 0 Å². The van der Waals surface area contributed by atoms with E-state index >= 15 is 0 Å². The van der Waals surface area contributed by atoms with Crippen LogP contribution in [0.15, 0.2) is 59.7 Å². The van der Waals surface area contributed by atoms with E-state index in [0.717, 1.165) is 6.42 Å². The number of benzene rings is 2. The maximum atomic E-state index is 5.99. The summed E-state index contributed by atoms with van der Waals surface area (Å²) in [7, 11) is 1.92. The van der Waals surface area contributed by atoms with Crippen LogP contribution in [0.3, 0.4) is 0 Å². The van der Waals surface area contributed by atoms with E-state index in [2.05, 4.69) is 62.4 Å². The number of allylic oxidation sites excluding steroid dienone is 1. The van der Waals surface area contributed by atoms with Gasteiger partial charge in [-0.3, -0.25) is 0 Å². The van der Waals surface area contributed by atoms with Gasteiger partial charge in [0.15, 0.2) is 0 Å². The van der Waals surface area contributed by atoms with Crippen molar-refractivity contribution in [3.05, 3.63) is 81.9 Å². The Morgan fingerprint density at radius 3 is 2.60 bits per heavy atom. The molecule has 1 heteroatoms. The number of aryl methyl sites for hydroxylation is 2. The van der Waals surface area contributed by atoms with Crippen molar-refractivity contribution in [3.63, 3.8) is 0 Å². The molecule has 5 rings (SSSR count). The highest BCUT2D eigenvalue weighted by molar-refractivity contribution is 5.52. The first-order valence-corrected chi connectivity index (χ1v) is 12.0. The Morgan fingerprint density at radius 2 is 1.83 bits per heavy atom. The van der Waals surface area contributed by atoms with E-state index in [-0.39, 0.29) is 5.41 Å². The van der Waals surface area contributed by atoms with E-state index in [9.17, 15) is 0 Å². The van der Waals surface area contributed by atoms with E-state index in [1.807, 2.05) is 12.7 Å². The molecule has 3 aliphatic carbocycles. The highest BCUT2D eigenvalue weighted by Crippen LogP contribution is 2.62. The van der Waals surface area contributed by atoms with Crippen LogP contribution < -0.4 is 0 Å². The molecule has 1 fully saturated rings. The Bertz CT molecular complexity index is 956. The summed E-state index contributed by atoms with van der Waals surface area (Å²) >= 11 is 0. The van der Waals surface area contributed by atoms with Gasteiger partial charge in [0.2, 0.25) is 0 Å². The Hall–Kier alpha value is -1.86. The fourth-order valence-electron chi connectivity index (χ4n) is 7.27. The van der Waals surface area contributed by atoms with Crippen LogP contribution in [0, 0.1) is 12.3 Å². The molecule has 2 aromatic carbocycles. The smallest absolute Gasteiger partial charge is 0.0617 e. The van der Waals surface area contributed by atoms with Crippen LogP contribution in [0.5, 0.6) is 0 Å². The van der Waals surface area contributed by atoms with Gasteiger partial charge in [0, 0.05) is 12.5 Å². The first-order valence-electron chi connectivity index (χ1n) is 12.0. The molecule has 0 aromatic heterocycles. The second-order valence-electron chi connectivity index (χ2n) is 10.2. The minimum atomic E-state index is 0.272. The van der Waals surface area contributed by atoms with Crippen molar-refractivity contribution in [2.24, 2.45) is 5.41 Å². The van der Waals surface area contributed by atoms with Crippen molar-refractivity contribution >= 4 is 0 Å².